The van der Waals surface area contributed by atoms with E-state index in [-0.39, 0.29) is 0 Å². The number of carbonyl (C=O) groups excluding carboxylic acids is 1. The van der Waals surface area contributed by atoms with Gasteiger partial charge in [0.2, 0.25) is 0 Å². The molecule has 0 aliphatic heterocycles. The second-order valence-electron chi connectivity index (χ2n) is 3.81. The zero-order valence-electron chi connectivity index (χ0n) is 9.44. The van der Waals surface area contributed by atoms with Crippen LogP contribution in [0, 0.1) is 0 Å². The maximum absolute atomic E-state index is 11.8. The standard InChI is InChI=1S/C11H14Cl2N2O3/c12-10(13)9(18)11(5-16,6-17)15-8-3-1-7(14)2-4-8/h1-4,10,15-17H,5-6,14H2. The molecular formula is C11H14Cl2N2O3. The number of anilines is 2. The summed E-state index contributed by atoms with van der Waals surface area (Å²) in [6.45, 7) is -1.27. The third kappa shape index (κ3) is 3.26. The normalized spacial score (nSPS) is 11.6. The van der Waals surface area contributed by atoms with Gasteiger partial charge in [-0.3, -0.25) is 4.79 Å². The molecule has 0 amide bonds. The van der Waals surface area contributed by atoms with Gasteiger partial charge in [0, 0.05) is 11.4 Å². The molecule has 7 heteroatoms. The third-order valence-electron chi connectivity index (χ3n) is 2.50. The minimum atomic E-state index is -1.62. The van der Waals surface area contributed by atoms with Crippen molar-refractivity contribution < 1.29 is 15.0 Å². The molecule has 0 aromatic heterocycles. The van der Waals surface area contributed by atoms with Crippen LogP contribution in [0.3, 0.4) is 0 Å². The number of Topliss-reactive ketones (excluding diaryl/α,β-unsaturated/α-hetero) is 1. The zero-order chi connectivity index (χ0) is 13.8. The van der Waals surface area contributed by atoms with Gasteiger partial charge in [0.25, 0.3) is 0 Å². The Bertz CT molecular complexity index is 405. The molecule has 0 radical (unpaired) electrons. The molecule has 0 saturated carbocycles. The van der Waals surface area contributed by atoms with Gasteiger partial charge in [-0.1, -0.05) is 23.2 Å². The number of alkyl halides is 2. The first-order valence-electron chi connectivity index (χ1n) is 5.13. The Morgan fingerprint density at radius 1 is 1.28 bits per heavy atom. The molecule has 0 aliphatic carbocycles. The highest BCUT2D eigenvalue weighted by Crippen LogP contribution is 2.21. The van der Waals surface area contributed by atoms with Crippen molar-refractivity contribution in [1.29, 1.82) is 0 Å². The highest BCUT2D eigenvalue weighted by Gasteiger charge is 2.40. The average molecular weight is 293 g/mol. The van der Waals surface area contributed by atoms with Gasteiger partial charge in [0.05, 0.1) is 13.2 Å². The third-order valence-corrected chi connectivity index (χ3v) is 2.90. The van der Waals surface area contributed by atoms with Crippen LogP contribution in [-0.2, 0) is 4.79 Å². The number of nitrogen functional groups attached to an aromatic ring is 1. The number of aliphatic hydroxyl groups excluding tert-OH is 2. The van der Waals surface area contributed by atoms with Crippen LogP contribution in [0.25, 0.3) is 0 Å². The number of benzene rings is 1. The molecule has 0 bridgehead atoms. The molecule has 0 atom stereocenters. The van der Waals surface area contributed by atoms with Crippen molar-refractivity contribution >= 4 is 40.4 Å². The molecule has 5 N–H and O–H groups in total. The van der Waals surface area contributed by atoms with E-state index in [4.69, 9.17) is 28.9 Å². The SMILES string of the molecule is Nc1ccc(NC(CO)(CO)C(=O)C(Cl)Cl)cc1. The second-order valence-corrected chi connectivity index (χ2v) is 4.91. The summed E-state index contributed by atoms with van der Waals surface area (Å²) >= 11 is 11.0. The van der Waals surface area contributed by atoms with E-state index in [1.807, 2.05) is 0 Å². The van der Waals surface area contributed by atoms with Gasteiger partial charge in [0.1, 0.15) is 5.54 Å². The first-order valence-corrected chi connectivity index (χ1v) is 6.00. The van der Waals surface area contributed by atoms with Crippen LogP contribution < -0.4 is 11.1 Å². The topological polar surface area (TPSA) is 95.6 Å². The van der Waals surface area contributed by atoms with Crippen LogP contribution in [0.15, 0.2) is 24.3 Å². The quantitative estimate of drug-likeness (QED) is 0.459. The lowest BCUT2D eigenvalue weighted by Gasteiger charge is -2.31. The number of hydrogen-bond donors (Lipinski definition) is 4. The summed E-state index contributed by atoms with van der Waals surface area (Å²) in [5, 5.41) is 21.4. The Morgan fingerprint density at radius 2 is 1.78 bits per heavy atom. The van der Waals surface area contributed by atoms with Crippen LogP contribution in [-0.4, -0.2) is 39.6 Å². The average Bonchev–Trinajstić information content (AvgIpc) is 2.37. The van der Waals surface area contributed by atoms with Gasteiger partial charge in [-0.15, -0.1) is 0 Å². The molecule has 0 unspecified atom stereocenters. The Hall–Kier alpha value is -1.01. The summed E-state index contributed by atoms with van der Waals surface area (Å²) in [7, 11) is 0. The molecule has 1 aromatic carbocycles. The number of carbonyl (C=O) groups is 1. The monoisotopic (exact) mass is 292 g/mol. The van der Waals surface area contributed by atoms with Crippen molar-refractivity contribution in [2.75, 3.05) is 24.3 Å². The highest BCUT2D eigenvalue weighted by atomic mass is 35.5. The molecule has 0 fully saturated rings. The maximum atomic E-state index is 11.8. The smallest absolute Gasteiger partial charge is 0.195 e. The second kappa shape index (κ2) is 6.24. The molecule has 100 valence electrons. The lowest BCUT2D eigenvalue weighted by molar-refractivity contribution is -0.124. The Kier molecular flexibility index (Phi) is 5.22. The lowest BCUT2D eigenvalue weighted by Crippen LogP contribution is -2.55. The Balaban J connectivity index is 2.99. The molecule has 18 heavy (non-hydrogen) atoms. The summed E-state index contributed by atoms with van der Waals surface area (Å²) in [6, 6.07) is 6.46. The van der Waals surface area contributed by atoms with Crippen molar-refractivity contribution in [2.45, 2.75) is 10.4 Å². The fraction of sp³-hybridized carbons (Fsp3) is 0.364. The number of nitrogens with one attached hydrogen (secondary N) is 1. The van der Waals surface area contributed by atoms with Crippen molar-refractivity contribution in [3.05, 3.63) is 24.3 Å². The fourth-order valence-corrected chi connectivity index (χ4v) is 1.82. The summed E-state index contributed by atoms with van der Waals surface area (Å²) < 4.78 is 0. The van der Waals surface area contributed by atoms with Gasteiger partial charge in [-0.05, 0) is 24.3 Å². The molecule has 1 rings (SSSR count). The molecule has 0 aliphatic rings. The van der Waals surface area contributed by atoms with E-state index >= 15 is 0 Å². The van der Waals surface area contributed by atoms with Crippen LogP contribution in [0.4, 0.5) is 11.4 Å². The number of aliphatic hydroxyl groups is 2. The van der Waals surface area contributed by atoms with Crippen molar-refractivity contribution in [3.8, 4) is 0 Å². The maximum Gasteiger partial charge on any atom is 0.195 e. The largest absolute Gasteiger partial charge is 0.399 e. The summed E-state index contributed by atoms with van der Waals surface area (Å²) in [6.07, 6.45) is 0. The summed E-state index contributed by atoms with van der Waals surface area (Å²) in [4.78, 5) is 10.5. The number of ketones is 1. The van der Waals surface area contributed by atoms with E-state index in [0.29, 0.717) is 11.4 Å². The molecule has 0 heterocycles. The number of halogens is 2. The van der Waals surface area contributed by atoms with E-state index in [9.17, 15) is 15.0 Å². The zero-order valence-corrected chi connectivity index (χ0v) is 10.9. The van der Waals surface area contributed by atoms with Crippen LogP contribution in [0.1, 0.15) is 0 Å². The molecule has 1 aromatic rings. The minimum absolute atomic E-state index is 0.509. The van der Waals surface area contributed by atoms with Crippen LogP contribution in [0.5, 0.6) is 0 Å². The van der Waals surface area contributed by atoms with Gasteiger partial charge >= 0.3 is 0 Å². The van der Waals surface area contributed by atoms with E-state index in [1.54, 1.807) is 24.3 Å². The summed E-state index contributed by atoms with van der Waals surface area (Å²) in [5.74, 6) is -0.701. The van der Waals surface area contributed by atoms with E-state index in [2.05, 4.69) is 5.32 Å². The van der Waals surface area contributed by atoms with Gasteiger partial charge in [0.15, 0.2) is 10.6 Å². The van der Waals surface area contributed by atoms with Gasteiger partial charge in [-0.2, -0.15) is 0 Å². The van der Waals surface area contributed by atoms with E-state index < -0.39 is 29.4 Å². The van der Waals surface area contributed by atoms with Crippen LogP contribution in [0.2, 0.25) is 0 Å². The molecule has 5 nitrogen and oxygen atoms in total. The molecule has 0 saturated heterocycles. The predicted molar refractivity (Wildman–Crippen MR) is 71.9 cm³/mol. The Labute approximate surface area is 115 Å². The fourth-order valence-electron chi connectivity index (χ4n) is 1.40. The minimum Gasteiger partial charge on any atom is -0.399 e. The van der Waals surface area contributed by atoms with Gasteiger partial charge in [-0.25, -0.2) is 0 Å². The van der Waals surface area contributed by atoms with E-state index in [1.165, 1.54) is 0 Å². The molecule has 0 spiro atoms. The van der Waals surface area contributed by atoms with Crippen molar-refractivity contribution in [1.82, 2.24) is 0 Å². The van der Waals surface area contributed by atoms with E-state index in [0.717, 1.165) is 0 Å². The summed E-state index contributed by atoms with van der Waals surface area (Å²) in [5.41, 5.74) is 4.97. The van der Waals surface area contributed by atoms with Gasteiger partial charge < -0.3 is 21.3 Å². The van der Waals surface area contributed by atoms with Crippen molar-refractivity contribution in [2.24, 2.45) is 0 Å². The molecular weight excluding hydrogens is 279 g/mol. The number of nitrogens with two attached hydrogens (primary N) is 1. The first-order chi connectivity index (χ1) is 8.45. The number of rotatable bonds is 6. The first kappa shape index (κ1) is 15.0. The predicted octanol–water partition coefficient (Wildman–Crippen LogP) is 0.777. The Morgan fingerprint density at radius 3 is 2.17 bits per heavy atom. The van der Waals surface area contributed by atoms with Crippen LogP contribution >= 0.6 is 23.2 Å². The highest BCUT2D eigenvalue weighted by molar-refractivity contribution is 6.54. The van der Waals surface area contributed by atoms with Crippen molar-refractivity contribution in [3.63, 3.8) is 0 Å². The lowest BCUT2D eigenvalue weighted by atomic mass is 9.96. The number of hydrogen-bond acceptors (Lipinski definition) is 5.